The summed E-state index contributed by atoms with van der Waals surface area (Å²) in [6.45, 7) is 0.365. The molecule has 0 radical (unpaired) electrons. The third kappa shape index (κ3) is 1.74. The van der Waals surface area contributed by atoms with Gasteiger partial charge in [-0.3, -0.25) is 19.4 Å². The molecule has 7 nitrogen and oxygen atoms in total. The van der Waals surface area contributed by atoms with Crippen LogP contribution in [0.15, 0.2) is 23.2 Å². The Morgan fingerprint density at radius 2 is 2.32 bits per heavy atom. The van der Waals surface area contributed by atoms with Gasteiger partial charge in [-0.05, 0) is 25.3 Å². The lowest BCUT2D eigenvalue weighted by Crippen LogP contribution is -2.42. The summed E-state index contributed by atoms with van der Waals surface area (Å²) < 4.78 is 7.18. The number of carbonyl (C=O) groups excluding carboxylic acids is 1. The number of nitrogens with zero attached hydrogens (tertiary/aromatic N) is 2. The van der Waals surface area contributed by atoms with Crippen LogP contribution in [-0.2, 0) is 16.9 Å². The van der Waals surface area contributed by atoms with Crippen LogP contribution in [0.1, 0.15) is 35.6 Å². The number of hydroxylamine groups is 1. The van der Waals surface area contributed by atoms with E-state index in [9.17, 15) is 9.59 Å². The zero-order valence-corrected chi connectivity index (χ0v) is 10.1. The minimum atomic E-state index is -0.799. The van der Waals surface area contributed by atoms with Crippen LogP contribution in [0.5, 0.6) is 0 Å². The van der Waals surface area contributed by atoms with Gasteiger partial charge in [0.2, 0.25) is 0 Å². The molecule has 1 spiro atoms. The predicted octanol–water partition coefficient (Wildman–Crippen LogP) is 0.285. The molecule has 0 bridgehead atoms. The van der Waals surface area contributed by atoms with Crippen molar-refractivity contribution < 1.29 is 14.7 Å². The number of aromatic nitrogens is 2. The minimum absolute atomic E-state index is 0.101. The summed E-state index contributed by atoms with van der Waals surface area (Å²) in [4.78, 5) is 27.7. The fraction of sp³-hybridized carbons (Fsp3) is 0.417. The first-order valence-electron chi connectivity index (χ1n) is 6.06. The third-order valence-corrected chi connectivity index (χ3v) is 3.59. The van der Waals surface area contributed by atoms with Crippen molar-refractivity contribution in [3.05, 3.63) is 40.3 Å². The Morgan fingerprint density at radius 1 is 1.53 bits per heavy atom. The average molecular weight is 263 g/mol. The summed E-state index contributed by atoms with van der Waals surface area (Å²) in [5.41, 5.74) is 0.445. The monoisotopic (exact) mass is 263 g/mol. The van der Waals surface area contributed by atoms with Gasteiger partial charge in [-0.2, -0.15) is 0 Å². The smallest absolute Gasteiger partial charge is 0.293 e. The lowest BCUT2D eigenvalue weighted by atomic mass is 9.79. The van der Waals surface area contributed by atoms with Gasteiger partial charge in [0.05, 0.1) is 6.26 Å². The Hall–Kier alpha value is -2.15. The third-order valence-electron chi connectivity index (χ3n) is 3.59. The quantitative estimate of drug-likeness (QED) is 0.561. The standard InChI is InChI=1S/C12H13N3O4/c16-9-7-8(10(17)14-18)13-11-12(3-1-4-12)19-6-2-5-15(9)11/h2,6-7,18H,1,3-5H2,(H,14,17). The topological polar surface area (TPSA) is 93.5 Å². The van der Waals surface area contributed by atoms with Crippen LogP contribution in [0.25, 0.3) is 0 Å². The maximum absolute atomic E-state index is 12.1. The van der Waals surface area contributed by atoms with Crippen LogP contribution in [0.3, 0.4) is 0 Å². The van der Waals surface area contributed by atoms with Crippen molar-refractivity contribution >= 4 is 5.91 Å². The van der Waals surface area contributed by atoms with Crippen molar-refractivity contribution in [2.45, 2.75) is 31.4 Å². The van der Waals surface area contributed by atoms with E-state index in [4.69, 9.17) is 9.94 Å². The van der Waals surface area contributed by atoms with Gasteiger partial charge in [-0.1, -0.05) is 0 Å². The van der Waals surface area contributed by atoms with E-state index in [1.165, 1.54) is 10.0 Å². The fourth-order valence-corrected chi connectivity index (χ4v) is 2.42. The number of carbonyl (C=O) groups is 1. The zero-order chi connectivity index (χ0) is 13.5. The highest BCUT2D eigenvalue weighted by Crippen LogP contribution is 2.44. The van der Waals surface area contributed by atoms with E-state index < -0.39 is 11.5 Å². The number of ether oxygens (including phenoxy) is 1. The lowest BCUT2D eigenvalue weighted by Gasteiger charge is -2.40. The molecule has 1 amide bonds. The van der Waals surface area contributed by atoms with Crippen molar-refractivity contribution in [3.63, 3.8) is 0 Å². The highest BCUT2D eigenvalue weighted by atomic mass is 16.5. The van der Waals surface area contributed by atoms with Crippen LogP contribution in [0.2, 0.25) is 0 Å². The van der Waals surface area contributed by atoms with Crippen LogP contribution >= 0.6 is 0 Å². The summed E-state index contributed by atoms with van der Waals surface area (Å²) >= 11 is 0. The Morgan fingerprint density at radius 3 is 2.95 bits per heavy atom. The van der Waals surface area contributed by atoms with E-state index in [0.29, 0.717) is 12.4 Å². The molecule has 1 aliphatic heterocycles. The van der Waals surface area contributed by atoms with Gasteiger partial charge < -0.3 is 4.74 Å². The summed E-state index contributed by atoms with van der Waals surface area (Å²) in [6.07, 6.45) is 5.83. The van der Waals surface area contributed by atoms with Gasteiger partial charge in [0.1, 0.15) is 5.69 Å². The summed E-state index contributed by atoms with van der Waals surface area (Å²) in [5, 5.41) is 8.65. The number of hydrogen-bond acceptors (Lipinski definition) is 5. The molecule has 0 unspecified atom stereocenters. The SMILES string of the molecule is O=C(NO)c1cc(=O)n2c(n1)C1(CCC1)OC=CC2. The second-order valence-electron chi connectivity index (χ2n) is 4.69. The number of allylic oxidation sites excluding steroid dienone is 1. The summed E-state index contributed by atoms with van der Waals surface area (Å²) in [5.74, 6) is -0.345. The molecule has 1 fully saturated rings. The first kappa shape index (κ1) is 11.9. The first-order valence-corrected chi connectivity index (χ1v) is 6.06. The van der Waals surface area contributed by atoms with Crippen molar-refractivity contribution in [1.82, 2.24) is 15.0 Å². The number of fused-ring (bicyclic) bond motifs is 2. The zero-order valence-electron chi connectivity index (χ0n) is 10.1. The van der Waals surface area contributed by atoms with Crippen molar-refractivity contribution in [3.8, 4) is 0 Å². The Balaban J connectivity index is 2.18. The van der Waals surface area contributed by atoms with Crippen molar-refractivity contribution in [2.24, 2.45) is 0 Å². The highest BCUT2D eigenvalue weighted by Gasteiger charge is 2.45. The van der Waals surface area contributed by atoms with Crippen LogP contribution in [0, 0.1) is 0 Å². The van der Waals surface area contributed by atoms with E-state index in [-0.39, 0.29) is 11.3 Å². The second kappa shape index (κ2) is 4.20. The molecule has 100 valence electrons. The molecular formula is C12H13N3O4. The Kier molecular flexibility index (Phi) is 2.63. The van der Waals surface area contributed by atoms with Crippen molar-refractivity contribution in [1.29, 1.82) is 0 Å². The van der Waals surface area contributed by atoms with Crippen LogP contribution in [-0.4, -0.2) is 20.7 Å². The Labute approximate surface area is 108 Å². The van der Waals surface area contributed by atoms with Crippen LogP contribution in [0.4, 0.5) is 0 Å². The van der Waals surface area contributed by atoms with Gasteiger partial charge in [-0.25, -0.2) is 10.5 Å². The molecule has 3 rings (SSSR count). The number of amides is 1. The molecule has 7 heteroatoms. The maximum atomic E-state index is 12.1. The molecular weight excluding hydrogens is 250 g/mol. The van der Waals surface area contributed by atoms with Gasteiger partial charge in [0.25, 0.3) is 11.5 Å². The average Bonchev–Trinajstić information content (AvgIpc) is 2.57. The Bertz CT molecular complexity index is 616. The summed E-state index contributed by atoms with van der Waals surface area (Å²) in [6, 6.07) is 1.11. The van der Waals surface area contributed by atoms with E-state index in [0.717, 1.165) is 25.3 Å². The molecule has 1 aromatic rings. The highest BCUT2D eigenvalue weighted by molar-refractivity contribution is 5.91. The van der Waals surface area contributed by atoms with Gasteiger partial charge in [0.15, 0.2) is 11.4 Å². The fourth-order valence-electron chi connectivity index (χ4n) is 2.42. The van der Waals surface area contributed by atoms with Gasteiger partial charge in [-0.15, -0.1) is 0 Å². The maximum Gasteiger partial charge on any atom is 0.293 e. The molecule has 19 heavy (non-hydrogen) atoms. The molecule has 1 aliphatic carbocycles. The molecule has 2 N–H and O–H groups in total. The van der Waals surface area contributed by atoms with Gasteiger partial charge >= 0.3 is 0 Å². The lowest BCUT2D eigenvalue weighted by molar-refractivity contribution is -0.0600. The second-order valence-corrected chi connectivity index (χ2v) is 4.69. The van der Waals surface area contributed by atoms with Crippen molar-refractivity contribution in [2.75, 3.05) is 0 Å². The molecule has 0 saturated heterocycles. The number of rotatable bonds is 1. The molecule has 0 atom stereocenters. The van der Waals surface area contributed by atoms with E-state index >= 15 is 0 Å². The van der Waals surface area contributed by atoms with Crippen LogP contribution < -0.4 is 11.0 Å². The molecule has 1 saturated carbocycles. The molecule has 0 aromatic carbocycles. The first-order chi connectivity index (χ1) is 9.16. The molecule has 1 aromatic heterocycles. The molecule has 2 aliphatic rings. The minimum Gasteiger partial charge on any atom is -0.487 e. The van der Waals surface area contributed by atoms with Gasteiger partial charge in [0, 0.05) is 12.6 Å². The predicted molar refractivity (Wildman–Crippen MR) is 63.5 cm³/mol. The number of hydrogen-bond donors (Lipinski definition) is 2. The summed E-state index contributed by atoms with van der Waals surface area (Å²) in [7, 11) is 0. The largest absolute Gasteiger partial charge is 0.487 e. The van der Waals surface area contributed by atoms with E-state index in [1.54, 1.807) is 12.3 Å². The number of nitrogens with one attached hydrogen (secondary N) is 1. The van der Waals surface area contributed by atoms with E-state index in [1.807, 2.05) is 0 Å². The van der Waals surface area contributed by atoms with E-state index in [2.05, 4.69) is 4.98 Å². The normalized spacial score (nSPS) is 19.0. The molecule has 2 heterocycles.